The van der Waals surface area contributed by atoms with E-state index in [0.29, 0.717) is 11.1 Å². The molecule has 0 spiro atoms. The summed E-state index contributed by atoms with van der Waals surface area (Å²) in [7, 11) is 0. The van der Waals surface area contributed by atoms with Crippen molar-refractivity contribution in [1.82, 2.24) is 4.98 Å². The number of hydrogen-bond acceptors (Lipinski definition) is 2. The average Bonchev–Trinajstić information content (AvgIpc) is 2.77. The van der Waals surface area contributed by atoms with Gasteiger partial charge in [-0.2, -0.15) is 0 Å². The zero-order chi connectivity index (χ0) is 14.3. The zero-order valence-electron chi connectivity index (χ0n) is 10.6. The molecule has 1 N–H and O–H groups in total. The van der Waals surface area contributed by atoms with Gasteiger partial charge in [0, 0.05) is 4.47 Å². The summed E-state index contributed by atoms with van der Waals surface area (Å²) in [5.41, 5.74) is 4.23. The molecule has 1 aromatic heterocycles. The van der Waals surface area contributed by atoms with Crippen molar-refractivity contribution in [3.63, 3.8) is 0 Å². The Bertz CT molecular complexity index is 837. The quantitative estimate of drug-likeness (QED) is 0.689. The maximum absolute atomic E-state index is 11.2. The summed E-state index contributed by atoms with van der Waals surface area (Å²) in [6, 6.07) is 11.5. The molecule has 0 saturated carbocycles. The van der Waals surface area contributed by atoms with Crippen molar-refractivity contribution >= 4 is 38.6 Å². The molecule has 0 radical (unpaired) electrons. The van der Waals surface area contributed by atoms with Crippen LogP contribution in [0, 0.1) is 6.92 Å². The number of nitrogens with one attached hydrogen (secondary N) is 1. The van der Waals surface area contributed by atoms with Gasteiger partial charge in [-0.1, -0.05) is 28.1 Å². The first kappa shape index (κ1) is 13.5. The first-order chi connectivity index (χ1) is 9.54. The molecule has 0 aliphatic heterocycles. The second kappa shape index (κ2) is 5.11. The Labute approximate surface area is 128 Å². The number of hydrogen-bond donors (Lipinski definition) is 1. The number of oxazole rings is 1. The summed E-state index contributed by atoms with van der Waals surface area (Å²) in [4.78, 5) is 13.8. The molecule has 3 aromatic rings. The minimum Gasteiger partial charge on any atom is -0.408 e. The van der Waals surface area contributed by atoms with Crippen LogP contribution in [0.5, 0.6) is 0 Å². The smallest absolute Gasteiger partial charge is 0.408 e. The minimum atomic E-state index is -0.455. The molecular weight excluding hydrogens is 342 g/mol. The summed E-state index contributed by atoms with van der Waals surface area (Å²) in [5, 5.41) is -0.285. The van der Waals surface area contributed by atoms with Crippen LogP contribution in [0.1, 0.15) is 22.1 Å². The Morgan fingerprint density at radius 3 is 2.80 bits per heavy atom. The Balaban J connectivity index is 2.06. The van der Waals surface area contributed by atoms with E-state index in [1.807, 2.05) is 31.2 Å². The summed E-state index contributed by atoms with van der Waals surface area (Å²) in [6.07, 6.45) is 0. The van der Waals surface area contributed by atoms with Gasteiger partial charge in [-0.3, -0.25) is 4.98 Å². The maximum atomic E-state index is 11.2. The second-order valence-corrected chi connectivity index (χ2v) is 5.99. The molecule has 0 aliphatic rings. The van der Waals surface area contributed by atoms with Gasteiger partial charge in [0.1, 0.15) is 0 Å². The number of fused-ring (bicyclic) bond motifs is 1. The zero-order valence-corrected chi connectivity index (χ0v) is 13.0. The lowest BCUT2D eigenvalue weighted by Gasteiger charge is -2.13. The highest BCUT2D eigenvalue weighted by Gasteiger charge is 2.15. The molecule has 5 heteroatoms. The number of aromatic nitrogens is 1. The van der Waals surface area contributed by atoms with Crippen LogP contribution in [0.3, 0.4) is 0 Å². The van der Waals surface area contributed by atoms with E-state index in [1.165, 1.54) is 0 Å². The average molecular weight is 353 g/mol. The van der Waals surface area contributed by atoms with E-state index in [0.717, 1.165) is 21.2 Å². The third-order valence-corrected chi connectivity index (χ3v) is 4.22. The fourth-order valence-corrected chi connectivity index (χ4v) is 3.08. The van der Waals surface area contributed by atoms with Gasteiger partial charge in [0.25, 0.3) is 0 Å². The fourth-order valence-electron chi connectivity index (χ4n) is 2.22. The number of rotatable bonds is 2. The van der Waals surface area contributed by atoms with Crippen LogP contribution < -0.4 is 5.76 Å². The molecule has 0 aliphatic carbocycles. The number of benzene rings is 2. The number of halogens is 2. The van der Waals surface area contributed by atoms with Crippen LogP contribution in [0.2, 0.25) is 0 Å². The molecule has 20 heavy (non-hydrogen) atoms. The Kier molecular flexibility index (Phi) is 3.44. The van der Waals surface area contributed by atoms with Gasteiger partial charge >= 0.3 is 5.76 Å². The van der Waals surface area contributed by atoms with E-state index in [-0.39, 0.29) is 5.38 Å². The summed E-state index contributed by atoms with van der Waals surface area (Å²) in [6.45, 7) is 2.02. The number of alkyl halides is 1. The lowest BCUT2D eigenvalue weighted by atomic mass is 10.00. The van der Waals surface area contributed by atoms with E-state index < -0.39 is 5.76 Å². The van der Waals surface area contributed by atoms with E-state index in [9.17, 15) is 4.79 Å². The fraction of sp³-hybridized carbons (Fsp3) is 0.133. The largest absolute Gasteiger partial charge is 0.417 e. The number of H-pyrrole nitrogens is 1. The topological polar surface area (TPSA) is 46.0 Å². The van der Waals surface area contributed by atoms with Crippen molar-refractivity contribution in [3.05, 3.63) is 68.1 Å². The molecule has 3 nitrogen and oxygen atoms in total. The molecule has 0 saturated heterocycles. The Hall–Kier alpha value is -1.52. The molecule has 0 amide bonds. The van der Waals surface area contributed by atoms with Gasteiger partial charge in [-0.15, -0.1) is 11.6 Å². The van der Waals surface area contributed by atoms with Crippen LogP contribution >= 0.6 is 27.5 Å². The lowest BCUT2D eigenvalue weighted by Crippen LogP contribution is -1.96. The highest BCUT2D eigenvalue weighted by atomic mass is 79.9. The molecule has 3 rings (SSSR count). The maximum Gasteiger partial charge on any atom is 0.417 e. The van der Waals surface area contributed by atoms with Crippen molar-refractivity contribution < 1.29 is 4.42 Å². The normalized spacial score (nSPS) is 12.8. The molecule has 102 valence electrons. The summed E-state index contributed by atoms with van der Waals surface area (Å²) >= 11 is 9.99. The summed E-state index contributed by atoms with van der Waals surface area (Å²) < 4.78 is 6.09. The first-order valence-electron chi connectivity index (χ1n) is 6.07. The van der Waals surface area contributed by atoms with Gasteiger partial charge in [0.05, 0.1) is 10.9 Å². The van der Waals surface area contributed by atoms with Crippen LogP contribution in [0.15, 0.2) is 50.1 Å². The second-order valence-electron chi connectivity index (χ2n) is 4.63. The molecule has 1 atom stereocenters. The highest BCUT2D eigenvalue weighted by molar-refractivity contribution is 9.10. The van der Waals surface area contributed by atoms with E-state index in [4.69, 9.17) is 16.0 Å². The van der Waals surface area contributed by atoms with Gasteiger partial charge in [-0.05, 0) is 47.9 Å². The van der Waals surface area contributed by atoms with Crippen molar-refractivity contribution in [2.24, 2.45) is 0 Å². The SMILES string of the molecule is Cc1cc(Br)ccc1C(Cl)c1ccc2[nH]c(=O)oc2c1. The molecule has 0 fully saturated rings. The van der Waals surface area contributed by atoms with E-state index >= 15 is 0 Å². The molecule has 0 bridgehead atoms. The van der Waals surface area contributed by atoms with E-state index in [2.05, 4.69) is 20.9 Å². The summed E-state index contributed by atoms with van der Waals surface area (Å²) in [5.74, 6) is -0.455. The Morgan fingerprint density at radius 2 is 2.05 bits per heavy atom. The van der Waals surface area contributed by atoms with E-state index in [1.54, 1.807) is 12.1 Å². The van der Waals surface area contributed by atoms with Crippen LogP contribution in [0.4, 0.5) is 0 Å². The van der Waals surface area contributed by atoms with Gasteiger partial charge in [-0.25, -0.2) is 4.79 Å². The van der Waals surface area contributed by atoms with Gasteiger partial charge < -0.3 is 4.42 Å². The Morgan fingerprint density at radius 1 is 1.25 bits per heavy atom. The van der Waals surface area contributed by atoms with Crippen molar-refractivity contribution in [3.8, 4) is 0 Å². The third-order valence-electron chi connectivity index (χ3n) is 3.24. The van der Waals surface area contributed by atoms with Crippen LogP contribution in [-0.2, 0) is 0 Å². The number of aromatic amines is 1. The molecule has 2 aromatic carbocycles. The van der Waals surface area contributed by atoms with Crippen molar-refractivity contribution in [2.75, 3.05) is 0 Å². The number of aryl methyl sites for hydroxylation is 1. The lowest BCUT2D eigenvalue weighted by molar-refractivity contribution is 0.555. The minimum absolute atomic E-state index is 0.285. The van der Waals surface area contributed by atoms with Crippen LogP contribution in [0.25, 0.3) is 11.1 Å². The molecule has 1 heterocycles. The molecular formula is C15H11BrClNO2. The first-order valence-corrected chi connectivity index (χ1v) is 7.30. The van der Waals surface area contributed by atoms with Crippen LogP contribution in [-0.4, -0.2) is 4.98 Å². The highest BCUT2D eigenvalue weighted by Crippen LogP contribution is 2.33. The van der Waals surface area contributed by atoms with Crippen molar-refractivity contribution in [2.45, 2.75) is 12.3 Å². The predicted octanol–water partition coefficient (Wildman–Crippen LogP) is 4.52. The standard InChI is InChI=1S/C15H11BrClNO2/c1-8-6-10(16)3-4-11(8)14(17)9-2-5-12-13(7-9)20-15(19)18-12/h2-7,14H,1H3,(H,18,19). The van der Waals surface area contributed by atoms with Gasteiger partial charge in [0.2, 0.25) is 0 Å². The predicted molar refractivity (Wildman–Crippen MR) is 83.4 cm³/mol. The third kappa shape index (κ3) is 2.41. The monoisotopic (exact) mass is 351 g/mol. The van der Waals surface area contributed by atoms with Gasteiger partial charge in [0.15, 0.2) is 5.58 Å². The van der Waals surface area contributed by atoms with Crippen molar-refractivity contribution in [1.29, 1.82) is 0 Å². The molecule has 1 unspecified atom stereocenters.